The maximum Gasteiger partial charge on any atom is 0.163 e. The third kappa shape index (κ3) is 2.13. The van der Waals surface area contributed by atoms with Crippen LogP contribution in [0.1, 0.15) is 65.7 Å². The summed E-state index contributed by atoms with van der Waals surface area (Å²) in [6.07, 6.45) is 8.49. The molecule has 0 spiro atoms. The van der Waals surface area contributed by atoms with Gasteiger partial charge >= 0.3 is 0 Å². The number of allylic oxidation sites excluding steroid dienone is 1. The molecule has 25 heavy (non-hydrogen) atoms. The van der Waals surface area contributed by atoms with E-state index in [0.717, 1.165) is 38.5 Å². The van der Waals surface area contributed by atoms with Crippen molar-refractivity contribution in [2.45, 2.75) is 76.1 Å². The summed E-state index contributed by atoms with van der Waals surface area (Å²) in [6, 6.07) is 0. The van der Waals surface area contributed by atoms with Gasteiger partial charge in [-0.15, -0.1) is 0 Å². The lowest BCUT2D eigenvalue weighted by molar-refractivity contribution is -0.159. The van der Waals surface area contributed by atoms with Gasteiger partial charge in [0.2, 0.25) is 0 Å². The van der Waals surface area contributed by atoms with Crippen molar-refractivity contribution in [2.24, 2.45) is 28.6 Å². The van der Waals surface area contributed by atoms with E-state index in [1.54, 1.807) is 6.92 Å². The van der Waals surface area contributed by atoms with Crippen molar-refractivity contribution < 1.29 is 14.7 Å². The van der Waals surface area contributed by atoms with Gasteiger partial charge in [-0.3, -0.25) is 9.59 Å². The van der Waals surface area contributed by atoms with Crippen LogP contribution in [0.2, 0.25) is 0 Å². The van der Waals surface area contributed by atoms with Crippen molar-refractivity contribution in [1.82, 2.24) is 0 Å². The second-order valence-electron chi connectivity index (χ2n) is 9.45. The Morgan fingerprint density at radius 1 is 1.20 bits per heavy atom. The molecule has 4 unspecified atom stereocenters. The summed E-state index contributed by atoms with van der Waals surface area (Å²) in [6.45, 7) is 6.06. The highest BCUT2D eigenvalue weighted by Crippen LogP contribution is 2.68. The molecule has 0 amide bonds. The first-order valence-corrected chi connectivity index (χ1v) is 10.7. The zero-order valence-corrected chi connectivity index (χ0v) is 17.1. The molecule has 3 nitrogen and oxygen atoms in total. The zero-order valence-electron chi connectivity index (χ0n) is 15.5. The lowest BCUT2D eigenvalue weighted by atomic mass is 9.46. The summed E-state index contributed by atoms with van der Waals surface area (Å²) in [5, 5.41) is 11.4. The van der Waals surface area contributed by atoms with Crippen LogP contribution in [0.4, 0.5) is 0 Å². The molecule has 0 radical (unpaired) electrons. The number of hydrogen-bond donors (Lipinski definition) is 1. The third-order valence-corrected chi connectivity index (χ3v) is 9.71. The van der Waals surface area contributed by atoms with Gasteiger partial charge in [0.25, 0.3) is 0 Å². The molecule has 3 saturated carbocycles. The van der Waals surface area contributed by atoms with Crippen molar-refractivity contribution >= 4 is 27.5 Å². The summed E-state index contributed by atoms with van der Waals surface area (Å²) in [4.78, 5) is 24.2. The number of carbonyl (C=O) groups is 2. The number of alkyl halides is 1. The van der Waals surface area contributed by atoms with Crippen LogP contribution >= 0.6 is 15.9 Å². The van der Waals surface area contributed by atoms with E-state index in [0.29, 0.717) is 30.0 Å². The predicted molar refractivity (Wildman–Crippen MR) is 100 cm³/mol. The van der Waals surface area contributed by atoms with Gasteiger partial charge < -0.3 is 5.11 Å². The van der Waals surface area contributed by atoms with Crippen molar-refractivity contribution in [1.29, 1.82) is 0 Å². The average Bonchev–Trinajstić information content (AvgIpc) is 2.77. The summed E-state index contributed by atoms with van der Waals surface area (Å²) < 4.78 is 0. The van der Waals surface area contributed by atoms with Crippen LogP contribution < -0.4 is 0 Å². The predicted octanol–water partition coefficient (Wildman–Crippen LogP) is 4.21. The quantitative estimate of drug-likeness (QED) is 0.660. The van der Waals surface area contributed by atoms with E-state index >= 15 is 0 Å². The van der Waals surface area contributed by atoms with Crippen LogP contribution in [0.25, 0.3) is 0 Å². The smallest absolute Gasteiger partial charge is 0.163 e. The maximum absolute atomic E-state index is 12.4. The van der Waals surface area contributed by atoms with Crippen LogP contribution in [0, 0.1) is 28.6 Å². The molecular formula is C21H29BrO3. The minimum atomic E-state index is -1.25. The molecule has 0 aromatic carbocycles. The van der Waals surface area contributed by atoms with E-state index in [9.17, 15) is 14.7 Å². The van der Waals surface area contributed by atoms with E-state index in [-0.39, 0.29) is 21.4 Å². The highest BCUT2D eigenvalue weighted by Gasteiger charge is 2.68. The Morgan fingerprint density at radius 2 is 1.92 bits per heavy atom. The van der Waals surface area contributed by atoms with E-state index in [2.05, 4.69) is 29.8 Å². The van der Waals surface area contributed by atoms with Gasteiger partial charge in [0.15, 0.2) is 11.6 Å². The number of Topliss-reactive ketones (excluding diaryl/α,β-unsaturated/α-hetero) is 1. The first-order chi connectivity index (χ1) is 11.6. The van der Waals surface area contributed by atoms with Crippen LogP contribution in [0.3, 0.4) is 0 Å². The minimum absolute atomic E-state index is 0.0938. The SMILES string of the molecule is CC(=O)[C@@]1(O)C(Br)CC2C3CCC4=CC(=O)CC[C@]4(C)C3CC[C@@]21C. The molecule has 4 heteroatoms. The van der Waals surface area contributed by atoms with Crippen molar-refractivity contribution in [3.05, 3.63) is 11.6 Å². The molecule has 7 atom stereocenters. The zero-order chi connectivity index (χ0) is 18.2. The van der Waals surface area contributed by atoms with E-state index < -0.39 is 5.60 Å². The fourth-order valence-corrected chi connectivity index (χ4v) is 8.41. The number of ketones is 2. The third-order valence-electron chi connectivity index (χ3n) is 8.67. The topological polar surface area (TPSA) is 54.4 Å². The summed E-state index contributed by atoms with van der Waals surface area (Å²) >= 11 is 3.67. The number of aliphatic hydroxyl groups is 1. The summed E-state index contributed by atoms with van der Waals surface area (Å²) in [7, 11) is 0. The van der Waals surface area contributed by atoms with E-state index in [1.807, 2.05) is 6.08 Å². The number of rotatable bonds is 1. The van der Waals surface area contributed by atoms with Crippen LogP contribution in [0.5, 0.6) is 0 Å². The lowest BCUT2D eigenvalue weighted by Crippen LogP contribution is -2.59. The Balaban J connectivity index is 1.72. The molecule has 4 rings (SSSR count). The van der Waals surface area contributed by atoms with Gasteiger partial charge in [0, 0.05) is 11.8 Å². The Hall–Kier alpha value is -0.480. The molecule has 4 aliphatic carbocycles. The second-order valence-corrected chi connectivity index (χ2v) is 10.6. The van der Waals surface area contributed by atoms with Crippen LogP contribution in [0.15, 0.2) is 11.6 Å². The molecule has 0 aromatic heterocycles. The average molecular weight is 409 g/mol. The molecule has 3 fully saturated rings. The van der Waals surface area contributed by atoms with Crippen LogP contribution in [-0.4, -0.2) is 27.1 Å². The number of halogens is 1. The highest BCUT2D eigenvalue weighted by molar-refractivity contribution is 9.09. The molecule has 0 saturated heterocycles. The Kier molecular flexibility index (Phi) is 3.95. The molecular weight excluding hydrogens is 380 g/mol. The monoisotopic (exact) mass is 408 g/mol. The number of fused-ring (bicyclic) bond motifs is 5. The summed E-state index contributed by atoms with van der Waals surface area (Å²) in [5.74, 6) is 1.69. The first-order valence-electron chi connectivity index (χ1n) is 9.76. The standard InChI is InChI=1S/C21H29BrO3/c1-12(23)21(25)18(22)11-17-15-5-4-13-10-14(24)6-8-19(13,2)16(15)7-9-20(17,21)3/h10,15-18,25H,4-9,11H2,1-3H3/t15?,16?,17?,18?,19-,20-,21+/m0/s1. The normalized spacial score (nSPS) is 52.0. The molecule has 0 bridgehead atoms. The van der Waals surface area contributed by atoms with Gasteiger partial charge in [-0.1, -0.05) is 35.4 Å². The molecule has 4 aliphatic rings. The fraction of sp³-hybridized carbons (Fsp3) is 0.810. The van der Waals surface area contributed by atoms with Crippen molar-refractivity contribution in [3.63, 3.8) is 0 Å². The van der Waals surface area contributed by atoms with Gasteiger partial charge in [0.1, 0.15) is 5.60 Å². The van der Waals surface area contributed by atoms with Crippen LogP contribution in [-0.2, 0) is 9.59 Å². The molecule has 1 N–H and O–H groups in total. The maximum atomic E-state index is 12.4. The van der Waals surface area contributed by atoms with Gasteiger partial charge in [-0.25, -0.2) is 0 Å². The Morgan fingerprint density at radius 3 is 2.60 bits per heavy atom. The number of hydrogen-bond acceptors (Lipinski definition) is 3. The van der Waals surface area contributed by atoms with Gasteiger partial charge in [-0.05, 0) is 74.7 Å². The highest BCUT2D eigenvalue weighted by atomic mass is 79.9. The second kappa shape index (κ2) is 5.51. The minimum Gasteiger partial charge on any atom is -0.380 e. The fourth-order valence-electron chi connectivity index (χ4n) is 7.16. The molecule has 0 aromatic rings. The van der Waals surface area contributed by atoms with Gasteiger partial charge in [0.05, 0.1) is 4.83 Å². The van der Waals surface area contributed by atoms with Crippen molar-refractivity contribution in [3.8, 4) is 0 Å². The van der Waals surface area contributed by atoms with Crippen molar-refractivity contribution in [2.75, 3.05) is 0 Å². The Labute approximate surface area is 158 Å². The first kappa shape index (κ1) is 17.9. The molecule has 0 heterocycles. The Bertz CT molecular complexity index is 670. The van der Waals surface area contributed by atoms with E-state index in [1.165, 1.54) is 5.57 Å². The number of carbonyl (C=O) groups excluding carboxylic acids is 2. The van der Waals surface area contributed by atoms with Gasteiger partial charge in [-0.2, -0.15) is 0 Å². The molecule has 138 valence electrons. The lowest BCUT2D eigenvalue weighted by Gasteiger charge is -2.58. The molecule has 0 aliphatic heterocycles. The summed E-state index contributed by atoms with van der Waals surface area (Å²) in [5.41, 5.74) is -0.0844. The largest absolute Gasteiger partial charge is 0.380 e. The van der Waals surface area contributed by atoms with E-state index in [4.69, 9.17) is 0 Å².